The van der Waals surface area contributed by atoms with Gasteiger partial charge in [0.15, 0.2) is 0 Å². The van der Waals surface area contributed by atoms with Crippen molar-refractivity contribution in [1.29, 1.82) is 0 Å². The Hall–Kier alpha value is -2.38. The molecule has 0 bridgehead atoms. The van der Waals surface area contributed by atoms with Gasteiger partial charge in [0.05, 0.1) is 10.9 Å². The lowest BCUT2D eigenvalue weighted by Gasteiger charge is -2.12. The summed E-state index contributed by atoms with van der Waals surface area (Å²) in [6.45, 7) is 3.82. The summed E-state index contributed by atoms with van der Waals surface area (Å²) in [5, 5.41) is 15.4. The van der Waals surface area contributed by atoms with Crippen molar-refractivity contribution in [2.24, 2.45) is 0 Å². The van der Waals surface area contributed by atoms with Crippen molar-refractivity contribution in [3.05, 3.63) is 59.1 Å². The zero-order valence-electron chi connectivity index (χ0n) is 13.7. The van der Waals surface area contributed by atoms with E-state index < -0.39 is 0 Å². The van der Waals surface area contributed by atoms with Crippen molar-refractivity contribution in [2.75, 3.05) is 5.32 Å². The SMILES string of the molecule is Cc1ccc(NC(=O)[C@H](C)Sc2nnnn2-c2ccc(Cl)cc2)cc1. The second-order valence-corrected chi connectivity index (χ2v) is 7.21. The average molecular weight is 374 g/mol. The van der Waals surface area contributed by atoms with Gasteiger partial charge in [0, 0.05) is 10.7 Å². The number of tetrazole rings is 1. The smallest absolute Gasteiger partial charge is 0.237 e. The molecular weight excluding hydrogens is 358 g/mol. The zero-order chi connectivity index (χ0) is 17.8. The monoisotopic (exact) mass is 373 g/mol. The number of aromatic nitrogens is 4. The highest BCUT2D eigenvalue weighted by molar-refractivity contribution is 8.00. The lowest BCUT2D eigenvalue weighted by Crippen LogP contribution is -2.22. The predicted molar refractivity (Wildman–Crippen MR) is 99.3 cm³/mol. The number of anilines is 1. The van der Waals surface area contributed by atoms with Gasteiger partial charge in [0.25, 0.3) is 0 Å². The Balaban J connectivity index is 1.70. The first-order chi connectivity index (χ1) is 12.0. The van der Waals surface area contributed by atoms with Crippen LogP contribution in [-0.2, 0) is 4.79 Å². The fourth-order valence-corrected chi connectivity index (χ4v) is 3.02. The minimum Gasteiger partial charge on any atom is -0.325 e. The molecule has 0 saturated carbocycles. The van der Waals surface area contributed by atoms with Gasteiger partial charge in [-0.1, -0.05) is 41.1 Å². The van der Waals surface area contributed by atoms with Crippen LogP contribution in [0, 0.1) is 6.92 Å². The molecule has 1 atom stereocenters. The number of thioether (sulfide) groups is 1. The van der Waals surface area contributed by atoms with Gasteiger partial charge < -0.3 is 5.32 Å². The molecule has 8 heteroatoms. The Morgan fingerprint density at radius 3 is 2.52 bits per heavy atom. The normalized spacial score (nSPS) is 12.0. The number of carbonyl (C=O) groups excluding carboxylic acids is 1. The first-order valence-corrected chi connectivity index (χ1v) is 8.87. The first-order valence-electron chi connectivity index (χ1n) is 7.61. The number of hydrogen-bond acceptors (Lipinski definition) is 5. The van der Waals surface area contributed by atoms with Crippen LogP contribution in [0.5, 0.6) is 0 Å². The van der Waals surface area contributed by atoms with E-state index in [2.05, 4.69) is 20.8 Å². The highest BCUT2D eigenvalue weighted by Gasteiger charge is 2.19. The van der Waals surface area contributed by atoms with Gasteiger partial charge >= 0.3 is 0 Å². The Morgan fingerprint density at radius 1 is 1.16 bits per heavy atom. The molecule has 0 aliphatic rings. The molecule has 2 aromatic carbocycles. The number of nitrogens with one attached hydrogen (secondary N) is 1. The minimum absolute atomic E-state index is 0.112. The fourth-order valence-electron chi connectivity index (χ4n) is 2.09. The van der Waals surface area contributed by atoms with Crippen LogP contribution in [0.25, 0.3) is 5.69 Å². The van der Waals surface area contributed by atoms with Crippen molar-refractivity contribution in [1.82, 2.24) is 20.2 Å². The van der Waals surface area contributed by atoms with Crippen LogP contribution in [0.2, 0.25) is 5.02 Å². The molecule has 3 rings (SSSR count). The zero-order valence-corrected chi connectivity index (χ0v) is 15.3. The van der Waals surface area contributed by atoms with E-state index in [-0.39, 0.29) is 11.2 Å². The molecule has 0 aliphatic heterocycles. The fraction of sp³-hybridized carbons (Fsp3) is 0.176. The van der Waals surface area contributed by atoms with E-state index in [1.165, 1.54) is 11.8 Å². The molecule has 0 unspecified atom stereocenters. The summed E-state index contributed by atoms with van der Waals surface area (Å²) < 4.78 is 1.58. The summed E-state index contributed by atoms with van der Waals surface area (Å²) in [5.41, 5.74) is 2.69. The Kier molecular flexibility index (Phi) is 5.35. The van der Waals surface area contributed by atoms with Gasteiger partial charge in [-0.2, -0.15) is 4.68 Å². The van der Waals surface area contributed by atoms with Crippen LogP contribution in [-0.4, -0.2) is 31.4 Å². The van der Waals surface area contributed by atoms with E-state index in [0.29, 0.717) is 10.2 Å². The van der Waals surface area contributed by atoms with Crippen molar-refractivity contribution in [2.45, 2.75) is 24.3 Å². The molecule has 0 aliphatic carbocycles. The second-order valence-electron chi connectivity index (χ2n) is 5.47. The summed E-state index contributed by atoms with van der Waals surface area (Å²) in [6, 6.07) is 14.8. The number of rotatable bonds is 5. The number of aryl methyl sites for hydroxylation is 1. The molecule has 0 radical (unpaired) electrons. The summed E-state index contributed by atoms with van der Waals surface area (Å²) in [6.07, 6.45) is 0. The predicted octanol–water partition coefficient (Wildman–Crippen LogP) is 3.74. The Labute approximate surface area is 154 Å². The quantitative estimate of drug-likeness (QED) is 0.689. The van der Waals surface area contributed by atoms with Crippen LogP contribution in [0.4, 0.5) is 5.69 Å². The van der Waals surface area contributed by atoms with E-state index in [1.54, 1.807) is 16.8 Å². The number of hydrogen-bond donors (Lipinski definition) is 1. The largest absolute Gasteiger partial charge is 0.325 e. The van der Waals surface area contributed by atoms with Crippen LogP contribution >= 0.6 is 23.4 Å². The second kappa shape index (κ2) is 7.67. The van der Waals surface area contributed by atoms with Gasteiger partial charge in [-0.15, -0.1) is 5.10 Å². The summed E-state index contributed by atoms with van der Waals surface area (Å²) in [5.74, 6) is -0.112. The first kappa shape index (κ1) is 17.4. The molecule has 1 heterocycles. The van der Waals surface area contributed by atoms with Crippen LogP contribution in [0.1, 0.15) is 12.5 Å². The molecule has 1 N–H and O–H groups in total. The number of amides is 1. The van der Waals surface area contributed by atoms with E-state index in [9.17, 15) is 4.79 Å². The standard InChI is InChI=1S/C17H16ClN5OS/c1-11-3-7-14(8-4-11)19-16(24)12(2)25-17-20-21-22-23(17)15-9-5-13(18)6-10-15/h3-10,12H,1-2H3,(H,19,24)/t12-/m0/s1. The Bertz CT molecular complexity index is 864. The van der Waals surface area contributed by atoms with Gasteiger partial charge in [-0.05, 0) is 60.7 Å². The number of nitrogens with zero attached hydrogens (tertiary/aromatic N) is 4. The maximum absolute atomic E-state index is 12.4. The number of benzene rings is 2. The average Bonchev–Trinajstić information content (AvgIpc) is 3.05. The molecular formula is C17H16ClN5OS. The maximum atomic E-state index is 12.4. The van der Waals surface area contributed by atoms with Gasteiger partial charge in [-0.3, -0.25) is 4.79 Å². The van der Waals surface area contributed by atoms with Crippen LogP contribution in [0.3, 0.4) is 0 Å². The summed E-state index contributed by atoms with van der Waals surface area (Å²) in [4.78, 5) is 12.4. The van der Waals surface area contributed by atoms with Gasteiger partial charge in [-0.25, -0.2) is 0 Å². The third kappa shape index (κ3) is 4.37. The van der Waals surface area contributed by atoms with Crippen LogP contribution < -0.4 is 5.32 Å². The third-order valence-corrected chi connectivity index (χ3v) is 4.77. The third-order valence-electron chi connectivity index (χ3n) is 3.48. The van der Waals surface area contributed by atoms with Gasteiger partial charge in [0.2, 0.25) is 11.1 Å². The molecule has 0 spiro atoms. The van der Waals surface area contributed by atoms with Crippen LogP contribution in [0.15, 0.2) is 53.7 Å². The summed E-state index contributed by atoms with van der Waals surface area (Å²) in [7, 11) is 0. The molecule has 128 valence electrons. The lowest BCUT2D eigenvalue weighted by molar-refractivity contribution is -0.115. The molecule has 25 heavy (non-hydrogen) atoms. The van der Waals surface area contributed by atoms with E-state index >= 15 is 0 Å². The molecule has 6 nitrogen and oxygen atoms in total. The molecule has 3 aromatic rings. The lowest BCUT2D eigenvalue weighted by atomic mass is 10.2. The number of carbonyl (C=O) groups is 1. The minimum atomic E-state index is -0.363. The topological polar surface area (TPSA) is 72.7 Å². The highest BCUT2D eigenvalue weighted by Crippen LogP contribution is 2.24. The summed E-state index contributed by atoms with van der Waals surface area (Å²) >= 11 is 7.19. The molecule has 1 aromatic heterocycles. The molecule has 0 saturated heterocycles. The van der Waals surface area contributed by atoms with E-state index in [1.807, 2.05) is 50.2 Å². The van der Waals surface area contributed by atoms with E-state index in [0.717, 1.165) is 16.9 Å². The van der Waals surface area contributed by atoms with Gasteiger partial charge in [0.1, 0.15) is 0 Å². The highest BCUT2D eigenvalue weighted by atomic mass is 35.5. The van der Waals surface area contributed by atoms with Crippen molar-refractivity contribution in [3.63, 3.8) is 0 Å². The van der Waals surface area contributed by atoms with Crippen molar-refractivity contribution >= 4 is 35.0 Å². The molecule has 0 fully saturated rings. The van der Waals surface area contributed by atoms with Crippen molar-refractivity contribution in [3.8, 4) is 5.69 Å². The molecule has 1 amide bonds. The van der Waals surface area contributed by atoms with E-state index in [4.69, 9.17) is 11.6 Å². The Morgan fingerprint density at radius 2 is 1.84 bits per heavy atom. The van der Waals surface area contributed by atoms with Crippen molar-refractivity contribution < 1.29 is 4.79 Å². The maximum Gasteiger partial charge on any atom is 0.237 e. The number of halogens is 1.